The zero-order valence-electron chi connectivity index (χ0n) is 12.1. The molecule has 4 atom stereocenters. The van der Waals surface area contributed by atoms with E-state index in [0.717, 1.165) is 38.2 Å². The van der Waals surface area contributed by atoms with E-state index in [2.05, 4.69) is 10.2 Å². The van der Waals surface area contributed by atoms with Crippen LogP contribution in [0.3, 0.4) is 0 Å². The van der Waals surface area contributed by atoms with E-state index < -0.39 is 0 Å². The largest absolute Gasteiger partial charge is 0.342 e. The molecule has 3 nitrogen and oxygen atoms in total. The van der Waals surface area contributed by atoms with E-state index in [1.54, 1.807) is 0 Å². The van der Waals surface area contributed by atoms with Crippen LogP contribution in [0.15, 0.2) is 18.2 Å². The van der Waals surface area contributed by atoms with Crippen molar-refractivity contribution in [3.05, 3.63) is 33.8 Å². The molecule has 22 heavy (non-hydrogen) atoms. The summed E-state index contributed by atoms with van der Waals surface area (Å²) < 4.78 is 0. The number of amides is 1. The van der Waals surface area contributed by atoms with Gasteiger partial charge in [0.05, 0.1) is 10.0 Å². The van der Waals surface area contributed by atoms with E-state index in [4.69, 9.17) is 23.2 Å². The van der Waals surface area contributed by atoms with E-state index in [1.807, 2.05) is 18.2 Å². The van der Waals surface area contributed by atoms with Gasteiger partial charge in [-0.05, 0) is 41.9 Å². The Morgan fingerprint density at radius 3 is 2.45 bits per heavy atom. The lowest BCUT2D eigenvalue weighted by atomic mass is 10.0. The summed E-state index contributed by atoms with van der Waals surface area (Å²) in [7, 11) is 0. The Balaban J connectivity index is 0.00000144. The summed E-state index contributed by atoms with van der Waals surface area (Å²) in [6.07, 6.45) is 0.945. The van der Waals surface area contributed by atoms with Crippen LogP contribution < -0.4 is 5.32 Å². The SMILES string of the molecule is Cl.O=C(C1CC1c1ccc(Cl)c(Cl)c1)N1C[C@H]2CNC[C@H]2C1. The maximum absolute atomic E-state index is 12.6. The second kappa shape index (κ2) is 6.20. The third-order valence-corrected chi connectivity index (χ3v) is 5.92. The van der Waals surface area contributed by atoms with Crippen molar-refractivity contribution < 1.29 is 4.79 Å². The molecule has 3 aliphatic rings. The van der Waals surface area contributed by atoms with Gasteiger partial charge in [0.25, 0.3) is 0 Å². The van der Waals surface area contributed by atoms with Gasteiger partial charge >= 0.3 is 0 Å². The molecule has 0 aromatic heterocycles. The number of fused-ring (bicyclic) bond motifs is 1. The molecular weight excluding hydrogens is 343 g/mol. The highest BCUT2D eigenvalue weighted by molar-refractivity contribution is 6.42. The molecule has 3 fully saturated rings. The van der Waals surface area contributed by atoms with Gasteiger partial charge in [-0.25, -0.2) is 0 Å². The minimum atomic E-state index is 0. The van der Waals surface area contributed by atoms with Gasteiger partial charge in [-0.1, -0.05) is 29.3 Å². The highest BCUT2D eigenvalue weighted by Crippen LogP contribution is 2.50. The van der Waals surface area contributed by atoms with Gasteiger partial charge in [0.15, 0.2) is 0 Å². The second-order valence-electron chi connectivity index (χ2n) is 6.54. The number of carbonyl (C=O) groups excluding carboxylic acids is 1. The Bertz CT molecular complexity index is 583. The van der Waals surface area contributed by atoms with E-state index in [0.29, 0.717) is 33.7 Å². The third kappa shape index (κ3) is 2.84. The molecule has 1 aromatic carbocycles. The summed E-state index contributed by atoms with van der Waals surface area (Å²) >= 11 is 12.0. The lowest BCUT2D eigenvalue weighted by Crippen LogP contribution is -2.33. The van der Waals surface area contributed by atoms with Crippen molar-refractivity contribution in [2.45, 2.75) is 12.3 Å². The molecule has 0 radical (unpaired) electrons. The van der Waals surface area contributed by atoms with Gasteiger partial charge in [0.2, 0.25) is 5.91 Å². The second-order valence-corrected chi connectivity index (χ2v) is 7.36. The highest BCUT2D eigenvalue weighted by Gasteiger charge is 2.48. The maximum Gasteiger partial charge on any atom is 0.226 e. The first-order valence-corrected chi connectivity index (χ1v) is 8.33. The molecule has 2 unspecified atom stereocenters. The van der Waals surface area contributed by atoms with Crippen molar-refractivity contribution in [3.63, 3.8) is 0 Å². The minimum absolute atomic E-state index is 0. The Morgan fingerprint density at radius 1 is 1.14 bits per heavy atom. The van der Waals surface area contributed by atoms with Crippen molar-refractivity contribution in [1.29, 1.82) is 0 Å². The summed E-state index contributed by atoms with van der Waals surface area (Å²) in [6, 6.07) is 5.73. The first-order valence-electron chi connectivity index (χ1n) is 7.58. The fourth-order valence-electron chi connectivity index (χ4n) is 3.85. The monoisotopic (exact) mass is 360 g/mol. The summed E-state index contributed by atoms with van der Waals surface area (Å²) in [5, 5.41) is 4.56. The number of halogens is 3. The molecule has 2 saturated heterocycles. The maximum atomic E-state index is 12.6. The van der Waals surface area contributed by atoms with Gasteiger partial charge in [-0.2, -0.15) is 0 Å². The number of likely N-dealkylation sites (tertiary alicyclic amines) is 1. The molecule has 120 valence electrons. The number of nitrogens with one attached hydrogen (secondary N) is 1. The van der Waals surface area contributed by atoms with E-state index in [9.17, 15) is 4.79 Å². The number of hydrogen-bond donors (Lipinski definition) is 1. The average molecular weight is 362 g/mol. The third-order valence-electron chi connectivity index (χ3n) is 5.18. The molecule has 0 bridgehead atoms. The molecule has 1 aliphatic carbocycles. The summed E-state index contributed by atoms with van der Waals surface area (Å²) in [5.41, 5.74) is 1.14. The first kappa shape index (κ1) is 16.4. The fourth-order valence-corrected chi connectivity index (χ4v) is 4.16. The van der Waals surface area contributed by atoms with Crippen molar-refractivity contribution in [2.24, 2.45) is 17.8 Å². The normalized spacial score (nSPS) is 32.5. The van der Waals surface area contributed by atoms with Crippen LogP contribution >= 0.6 is 35.6 Å². The standard InChI is InChI=1S/C16H18Cl2N2O.ClH/c17-14-2-1-9(3-15(14)18)12-4-13(12)16(21)20-7-10-5-19-6-11(10)8-20;/h1-3,10-13,19H,4-8H2;1H/t10-,11+,12?,13?;. The lowest BCUT2D eigenvalue weighted by molar-refractivity contribution is -0.131. The smallest absolute Gasteiger partial charge is 0.226 e. The quantitative estimate of drug-likeness (QED) is 0.877. The average Bonchev–Trinajstić information content (AvgIpc) is 2.96. The molecular formula is C16H19Cl3N2O. The number of benzene rings is 1. The summed E-state index contributed by atoms with van der Waals surface area (Å²) in [4.78, 5) is 14.7. The predicted octanol–water partition coefficient (Wildman–Crippen LogP) is 3.20. The molecule has 6 heteroatoms. The highest BCUT2D eigenvalue weighted by atomic mass is 35.5. The van der Waals surface area contributed by atoms with Crippen molar-refractivity contribution in [3.8, 4) is 0 Å². The van der Waals surface area contributed by atoms with Crippen LogP contribution in [-0.4, -0.2) is 37.0 Å². The number of rotatable bonds is 2. The van der Waals surface area contributed by atoms with E-state index in [1.165, 1.54) is 0 Å². The van der Waals surface area contributed by atoms with Crippen LogP contribution in [0.4, 0.5) is 0 Å². The Kier molecular flexibility index (Phi) is 4.61. The lowest BCUT2D eigenvalue weighted by Gasteiger charge is -2.17. The van der Waals surface area contributed by atoms with Gasteiger partial charge in [0.1, 0.15) is 0 Å². The van der Waals surface area contributed by atoms with Gasteiger partial charge in [-0.15, -0.1) is 12.4 Å². The fraction of sp³-hybridized carbons (Fsp3) is 0.562. The molecule has 1 N–H and O–H groups in total. The molecule has 2 aliphatic heterocycles. The van der Waals surface area contributed by atoms with Crippen LogP contribution in [0.5, 0.6) is 0 Å². The Labute approximate surface area is 146 Å². The topological polar surface area (TPSA) is 32.3 Å². The summed E-state index contributed by atoms with van der Waals surface area (Å²) in [5.74, 6) is 2.13. The zero-order valence-corrected chi connectivity index (χ0v) is 14.4. The van der Waals surface area contributed by atoms with Crippen molar-refractivity contribution >= 4 is 41.5 Å². The molecule has 4 rings (SSSR count). The molecule has 0 spiro atoms. The van der Waals surface area contributed by atoms with Crippen molar-refractivity contribution in [2.75, 3.05) is 26.2 Å². The first-order chi connectivity index (χ1) is 10.1. The zero-order chi connectivity index (χ0) is 14.6. The van der Waals surface area contributed by atoms with Crippen molar-refractivity contribution in [1.82, 2.24) is 10.2 Å². The molecule has 2 heterocycles. The number of nitrogens with zero attached hydrogens (tertiary/aromatic N) is 1. The number of hydrogen-bond acceptors (Lipinski definition) is 2. The van der Waals surface area contributed by atoms with Crippen LogP contribution in [-0.2, 0) is 4.79 Å². The molecule has 1 saturated carbocycles. The van der Waals surface area contributed by atoms with Crippen LogP contribution in [0.1, 0.15) is 17.9 Å². The van der Waals surface area contributed by atoms with Crippen LogP contribution in [0, 0.1) is 17.8 Å². The Morgan fingerprint density at radius 2 is 1.82 bits per heavy atom. The van der Waals surface area contributed by atoms with Crippen LogP contribution in [0.2, 0.25) is 10.0 Å². The number of carbonyl (C=O) groups is 1. The van der Waals surface area contributed by atoms with E-state index in [-0.39, 0.29) is 18.3 Å². The predicted molar refractivity (Wildman–Crippen MR) is 91.0 cm³/mol. The minimum Gasteiger partial charge on any atom is -0.342 e. The molecule has 1 amide bonds. The van der Waals surface area contributed by atoms with Gasteiger partial charge < -0.3 is 10.2 Å². The van der Waals surface area contributed by atoms with Gasteiger partial charge in [-0.3, -0.25) is 4.79 Å². The Hall–Kier alpha value is -0.480. The summed E-state index contributed by atoms with van der Waals surface area (Å²) in [6.45, 7) is 3.99. The molecule has 1 aromatic rings. The van der Waals surface area contributed by atoms with Gasteiger partial charge in [0, 0.05) is 32.1 Å². The van der Waals surface area contributed by atoms with E-state index >= 15 is 0 Å². The van der Waals surface area contributed by atoms with Crippen LogP contribution in [0.25, 0.3) is 0 Å².